The number of alkyl halides is 4. The first-order chi connectivity index (χ1) is 6.91. The van der Waals surface area contributed by atoms with E-state index in [9.17, 15) is 8.78 Å². The molecule has 0 aliphatic heterocycles. The molecule has 0 aromatic heterocycles. The van der Waals surface area contributed by atoms with Crippen molar-refractivity contribution in [1.82, 2.24) is 0 Å². The van der Waals surface area contributed by atoms with Gasteiger partial charge in [0, 0.05) is 0 Å². The Hall–Kier alpha value is -0.540. The van der Waals surface area contributed by atoms with Crippen LogP contribution in [0, 0.1) is 0 Å². The largest absolute Gasteiger partial charge is 0.497 e. The molecule has 0 heterocycles. The van der Waals surface area contributed by atoms with Gasteiger partial charge in [-0.1, -0.05) is 35.3 Å². The van der Waals surface area contributed by atoms with E-state index in [-0.39, 0.29) is 0 Å². The molecule has 1 aromatic carbocycles. The summed E-state index contributed by atoms with van der Waals surface area (Å²) in [6.07, 6.45) is 0. The Bertz CT molecular complexity index is 362. The second kappa shape index (κ2) is 3.22. The van der Waals surface area contributed by atoms with Crippen LogP contribution in [-0.2, 0) is 0 Å². The van der Waals surface area contributed by atoms with Gasteiger partial charge in [-0.05, 0) is 17.7 Å². The van der Waals surface area contributed by atoms with Crippen LogP contribution in [0.3, 0.4) is 0 Å². The van der Waals surface area contributed by atoms with Gasteiger partial charge in [-0.2, -0.15) is 0 Å². The summed E-state index contributed by atoms with van der Waals surface area (Å²) in [6.45, 7) is 0. The Morgan fingerprint density at radius 1 is 1.20 bits per heavy atom. The van der Waals surface area contributed by atoms with E-state index in [2.05, 4.69) is 0 Å². The summed E-state index contributed by atoms with van der Waals surface area (Å²) >= 11 is 11.0. The molecular weight excluding hydrogens is 245 g/mol. The van der Waals surface area contributed by atoms with Gasteiger partial charge < -0.3 is 4.74 Å². The molecule has 82 valence electrons. The molecule has 1 atom stereocenters. The van der Waals surface area contributed by atoms with Crippen LogP contribution in [-0.4, -0.2) is 17.4 Å². The molecule has 1 aromatic rings. The highest BCUT2D eigenvalue weighted by Gasteiger charge is 2.80. The maximum atomic E-state index is 13.1. The molecule has 1 aliphatic rings. The van der Waals surface area contributed by atoms with Crippen molar-refractivity contribution in [3.05, 3.63) is 29.8 Å². The molecule has 0 saturated heterocycles. The van der Waals surface area contributed by atoms with Gasteiger partial charge in [0.05, 0.1) is 13.0 Å². The van der Waals surface area contributed by atoms with Crippen LogP contribution >= 0.6 is 23.2 Å². The first kappa shape index (κ1) is 11.0. The summed E-state index contributed by atoms with van der Waals surface area (Å²) < 4.78 is 29.2. The lowest BCUT2D eigenvalue weighted by atomic mass is 10.1. The standard InChI is InChI=1S/C10H8Cl2F2O/c1-15-7-4-2-6(3-5-7)8-9(11,12)10(8,13)14/h2-5,8H,1H3. The Morgan fingerprint density at radius 2 is 1.67 bits per heavy atom. The van der Waals surface area contributed by atoms with Crippen molar-refractivity contribution in [2.24, 2.45) is 0 Å². The number of benzene rings is 1. The van der Waals surface area contributed by atoms with E-state index in [1.807, 2.05) is 0 Å². The van der Waals surface area contributed by atoms with Gasteiger partial charge in [0.15, 0.2) is 4.33 Å². The van der Waals surface area contributed by atoms with Crippen molar-refractivity contribution >= 4 is 23.2 Å². The zero-order valence-electron chi connectivity index (χ0n) is 7.81. The molecule has 1 saturated carbocycles. The zero-order chi connectivity index (χ0) is 11.3. The summed E-state index contributed by atoms with van der Waals surface area (Å²) in [5, 5.41) is 0. The Labute approximate surface area is 95.9 Å². The number of rotatable bonds is 2. The third-order valence-corrected chi connectivity index (χ3v) is 3.48. The summed E-state index contributed by atoms with van der Waals surface area (Å²) in [5.41, 5.74) is 0.422. The van der Waals surface area contributed by atoms with E-state index in [0.29, 0.717) is 11.3 Å². The molecular formula is C10H8Cl2F2O. The monoisotopic (exact) mass is 252 g/mol. The Kier molecular flexibility index (Phi) is 2.36. The predicted molar refractivity (Wildman–Crippen MR) is 55.1 cm³/mol. The first-order valence-corrected chi connectivity index (χ1v) is 5.06. The van der Waals surface area contributed by atoms with Crippen molar-refractivity contribution in [1.29, 1.82) is 0 Å². The number of ether oxygens (including phenoxy) is 1. The third-order valence-electron chi connectivity index (χ3n) is 2.54. The molecule has 1 fully saturated rings. The smallest absolute Gasteiger partial charge is 0.291 e. The van der Waals surface area contributed by atoms with Crippen molar-refractivity contribution in [3.8, 4) is 5.75 Å². The highest BCUT2D eigenvalue weighted by atomic mass is 35.5. The average molecular weight is 253 g/mol. The maximum Gasteiger partial charge on any atom is 0.291 e. The number of halogens is 4. The van der Waals surface area contributed by atoms with E-state index < -0.39 is 16.2 Å². The molecule has 2 rings (SSSR count). The van der Waals surface area contributed by atoms with E-state index in [1.54, 1.807) is 24.3 Å². The van der Waals surface area contributed by atoms with Gasteiger partial charge in [0.2, 0.25) is 0 Å². The Morgan fingerprint density at radius 3 is 2.00 bits per heavy atom. The molecule has 5 heteroatoms. The van der Waals surface area contributed by atoms with E-state index in [0.717, 1.165) is 0 Å². The highest BCUT2D eigenvalue weighted by Crippen LogP contribution is 2.70. The number of hydrogen-bond acceptors (Lipinski definition) is 1. The molecule has 0 bridgehead atoms. The Balaban J connectivity index is 2.26. The molecule has 0 amide bonds. The molecule has 0 N–H and O–H groups in total. The van der Waals surface area contributed by atoms with Crippen LogP contribution in [0.2, 0.25) is 0 Å². The lowest BCUT2D eigenvalue weighted by Gasteiger charge is -2.01. The zero-order valence-corrected chi connectivity index (χ0v) is 9.32. The van der Waals surface area contributed by atoms with Crippen LogP contribution in [0.1, 0.15) is 11.5 Å². The van der Waals surface area contributed by atoms with E-state index >= 15 is 0 Å². The molecule has 0 radical (unpaired) electrons. The van der Waals surface area contributed by atoms with Crippen molar-refractivity contribution < 1.29 is 13.5 Å². The SMILES string of the molecule is COc1ccc(C2C(F)(F)C2(Cl)Cl)cc1. The van der Waals surface area contributed by atoms with Gasteiger partial charge >= 0.3 is 0 Å². The van der Waals surface area contributed by atoms with E-state index in [4.69, 9.17) is 27.9 Å². The van der Waals surface area contributed by atoms with Crippen molar-refractivity contribution in [3.63, 3.8) is 0 Å². The third kappa shape index (κ3) is 1.49. The predicted octanol–water partition coefficient (Wildman–Crippen LogP) is 3.60. The molecule has 1 unspecified atom stereocenters. The molecule has 1 aliphatic carbocycles. The molecule has 15 heavy (non-hydrogen) atoms. The van der Waals surface area contributed by atoms with Crippen LogP contribution in [0.4, 0.5) is 8.78 Å². The van der Waals surface area contributed by atoms with Crippen LogP contribution < -0.4 is 4.74 Å². The van der Waals surface area contributed by atoms with Crippen LogP contribution in [0.25, 0.3) is 0 Å². The van der Waals surface area contributed by atoms with Crippen LogP contribution in [0.15, 0.2) is 24.3 Å². The minimum absolute atomic E-state index is 0.422. The molecule has 0 spiro atoms. The lowest BCUT2D eigenvalue weighted by Crippen LogP contribution is -1.99. The highest BCUT2D eigenvalue weighted by molar-refractivity contribution is 6.52. The summed E-state index contributed by atoms with van der Waals surface area (Å²) in [4.78, 5) is 0. The first-order valence-electron chi connectivity index (χ1n) is 4.31. The minimum Gasteiger partial charge on any atom is -0.497 e. The van der Waals surface area contributed by atoms with E-state index in [1.165, 1.54) is 7.11 Å². The second-order valence-electron chi connectivity index (χ2n) is 3.45. The quantitative estimate of drug-likeness (QED) is 0.731. The van der Waals surface area contributed by atoms with Gasteiger partial charge in [-0.3, -0.25) is 0 Å². The summed E-state index contributed by atoms with van der Waals surface area (Å²) in [5.74, 6) is -3.57. The summed E-state index contributed by atoms with van der Waals surface area (Å²) in [6, 6.07) is 6.30. The fraction of sp³-hybridized carbons (Fsp3) is 0.400. The van der Waals surface area contributed by atoms with Gasteiger partial charge in [0.25, 0.3) is 5.92 Å². The molecule has 1 nitrogen and oxygen atoms in total. The van der Waals surface area contributed by atoms with Crippen molar-refractivity contribution in [2.45, 2.75) is 16.2 Å². The topological polar surface area (TPSA) is 9.23 Å². The fourth-order valence-electron chi connectivity index (χ4n) is 1.56. The summed E-state index contributed by atoms with van der Waals surface area (Å²) in [7, 11) is 1.51. The van der Waals surface area contributed by atoms with Crippen molar-refractivity contribution in [2.75, 3.05) is 7.11 Å². The van der Waals surface area contributed by atoms with Gasteiger partial charge in [-0.15, -0.1) is 0 Å². The van der Waals surface area contributed by atoms with Crippen LogP contribution in [0.5, 0.6) is 5.75 Å². The average Bonchev–Trinajstić information content (AvgIpc) is 2.58. The van der Waals surface area contributed by atoms with Gasteiger partial charge in [0.1, 0.15) is 5.75 Å². The normalized spacial score (nSPS) is 26.1. The minimum atomic E-state index is -3.05. The number of methoxy groups -OCH3 is 1. The maximum absolute atomic E-state index is 13.1. The number of hydrogen-bond donors (Lipinski definition) is 0. The lowest BCUT2D eigenvalue weighted by molar-refractivity contribution is 0.109. The second-order valence-corrected chi connectivity index (χ2v) is 4.84. The van der Waals surface area contributed by atoms with Gasteiger partial charge in [-0.25, -0.2) is 8.78 Å². The fourth-order valence-corrected chi connectivity index (χ4v) is 2.19.